The number of sulfonamides is 1. The van der Waals surface area contributed by atoms with Crippen LogP contribution < -0.4 is 4.80 Å². The van der Waals surface area contributed by atoms with Gasteiger partial charge >= 0.3 is 0 Å². The molecule has 1 heterocycles. The minimum atomic E-state index is -3.72. The summed E-state index contributed by atoms with van der Waals surface area (Å²) in [5.41, 5.74) is 2.08. The summed E-state index contributed by atoms with van der Waals surface area (Å²) in [6.45, 7) is 2.06. The lowest BCUT2D eigenvalue weighted by Gasteiger charge is -2.05. The summed E-state index contributed by atoms with van der Waals surface area (Å²) in [5, 5.41) is 0. The molecule has 0 saturated heterocycles. The summed E-state index contributed by atoms with van der Waals surface area (Å²) in [5.74, 6) is 0. The molecule has 0 atom stereocenters. The fourth-order valence-corrected chi connectivity index (χ4v) is 4.85. The average Bonchev–Trinajstić information content (AvgIpc) is 2.92. The van der Waals surface area contributed by atoms with Gasteiger partial charge in [-0.25, -0.2) is 0 Å². The van der Waals surface area contributed by atoms with Crippen molar-refractivity contribution in [2.75, 3.05) is 0 Å². The van der Waals surface area contributed by atoms with E-state index in [-0.39, 0.29) is 4.90 Å². The zero-order valence-electron chi connectivity index (χ0n) is 13.5. The van der Waals surface area contributed by atoms with Gasteiger partial charge in [0.15, 0.2) is 0 Å². The van der Waals surface area contributed by atoms with E-state index in [2.05, 4.69) is 11.3 Å². The standard InChI is InChI=1S/C18H18N2O2S2/c1-3-16-17(14-10-6-4-7-11-14)20(2)18(23-16)19-24(21,22)15-12-8-5-9-13-15/h4-13H,3H2,1-2H3. The van der Waals surface area contributed by atoms with Gasteiger partial charge in [-0.05, 0) is 24.1 Å². The van der Waals surface area contributed by atoms with Gasteiger partial charge in [-0.15, -0.1) is 15.7 Å². The Bertz CT molecular complexity index is 1000. The molecular formula is C18H18N2O2S2. The molecule has 0 aliphatic heterocycles. The Morgan fingerprint density at radius 2 is 1.58 bits per heavy atom. The van der Waals surface area contributed by atoms with Gasteiger partial charge in [0.2, 0.25) is 4.80 Å². The van der Waals surface area contributed by atoms with Gasteiger partial charge in [0.1, 0.15) is 0 Å². The molecule has 6 heteroatoms. The Balaban J connectivity index is 2.19. The summed E-state index contributed by atoms with van der Waals surface area (Å²) < 4.78 is 31.0. The lowest BCUT2D eigenvalue weighted by molar-refractivity contribution is 0.596. The number of rotatable bonds is 4. The summed E-state index contributed by atoms with van der Waals surface area (Å²) in [7, 11) is -1.86. The van der Waals surface area contributed by atoms with Crippen molar-refractivity contribution in [3.8, 4) is 11.3 Å². The van der Waals surface area contributed by atoms with Crippen molar-refractivity contribution in [2.45, 2.75) is 18.2 Å². The van der Waals surface area contributed by atoms with E-state index < -0.39 is 10.0 Å². The van der Waals surface area contributed by atoms with Crippen molar-refractivity contribution in [3.63, 3.8) is 0 Å². The molecule has 4 nitrogen and oxygen atoms in total. The smallest absolute Gasteiger partial charge is 0.285 e. The second-order valence-electron chi connectivity index (χ2n) is 5.31. The lowest BCUT2D eigenvalue weighted by Crippen LogP contribution is -2.14. The highest BCUT2D eigenvalue weighted by Crippen LogP contribution is 2.25. The third kappa shape index (κ3) is 3.20. The summed E-state index contributed by atoms with van der Waals surface area (Å²) in [4.78, 5) is 1.80. The molecular weight excluding hydrogens is 340 g/mol. The van der Waals surface area contributed by atoms with Crippen LogP contribution in [0, 0.1) is 0 Å². The maximum Gasteiger partial charge on any atom is 0.285 e. The van der Waals surface area contributed by atoms with Crippen LogP contribution in [0.5, 0.6) is 0 Å². The van der Waals surface area contributed by atoms with Crippen molar-refractivity contribution in [1.29, 1.82) is 0 Å². The topological polar surface area (TPSA) is 51.4 Å². The van der Waals surface area contributed by atoms with Crippen LogP contribution in [-0.2, 0) is 23.5 Å². The molecule has 0 amide bonds. The molecule has 0 spiro atoms. The molecule has 3 aromatic rings. The van der Waals surface area contributed by atoms with Gasteiger partial charge in [0.25, 0.3) is 10.0 Å². The zero-order valence-corrected chi connectivity index (χ0v) is 15.1. The quantitative estimate of drug-likeness (QED) is 0.715. The first-order valence-corrected chi connectivity index (χ1v) is 9.88. The highest BCUT2D eigenvalue weighted by Gasteiger charge is 2.16. The van der Waals surface area contributed by atoms with Gasteiger partial charge in [0.05, 0.1) is 10.6 Å². The van der Waals surface area contributed by atoms with Gasteiger partial charge in [0, 0.05) is 11.9 Å². The lowest BCUT2D eigenvalue weighted by atomic mass is 10.1. The molecule has 0 unspecified atom stereocenters. The van der Waals surface area contributed by atoms with Gasteiger partial charge < -0.3 is 4.57 Å². The normalized spacial score (nSPS) is 12.5. The van der Waals surface area contributed by atoms with Gasteiger partial charge in [-0.3, -0.25) is 0 Å². The van der Waals surface area contributed by atoms with E-state index >= 15 is 0 Å². The molecule has 124 valence electrons. The van der Waals surface area contributed by atoms with E-state index in [4.69, 9.17) is 0 Å². The number of hydrogen-bond donors (Lipinski definition) is 0. The fourth-order valence-electron chi connectivity index (χ4n) is 2.53. The molecule has 0 saturated carbocycles. The fraction of sp³-hybridized carbons (Fsp3) is 0.167. The third-order valence-corrected chi connectivity index (χ3v) is 6.38. The Morgan fingerprint density at radius 1 is 1.00 bits per heavy atom. The molecule has 0 N–H and O–H groups in total. The SMILES string of the molecule is CCc1sc(=NS(=O)(=O)c2ccccc2)n(C)c1-c1ccccc1. The monoisotopic (exact) mass is 358 g/mol. The highest BCUT2D eigenvalue weighted by molar-refractivity contribution is 7.90. The van der Waals surface area contributed by atoms with Crippen LogP contribution in [0.1, 0.15) is 11.8 Å². The predicted octanol–water partition coefficient (Wildman–Crippen LogP) is 3.61. The second-order valence-corrected chi connectivity index (χ2v) is 7.98. The van der Waals surface area contributed by atoms with Crippen molar-refractivity contribution >= 4 is 21.4 Å². The van der Waals surface area contributed by atoms with E-state index in [9.17, 15) is 8.42 Å². The second kappa shape index (κ2) is 6.75. The highest BCUT2D eigenvalue weighted by atomic mass is 32.2. The summed E-state index contributed by atoms with van der Waals surface area (Å²) in [6.07, 6.45) is 0.823. The third-order valence-electron chi connectivity index (χ3n) is 3.71. The number of aryl methyl sites for hydroxylation is 1. The first kappa shape index (κ1) is 16.7. The van der Waals surface area contributed by atoms with Crippen LogP contribution in [0.3, 0.4) is 0 Å². The maximum atomic E-state index is 12.5. The molecule has 0 bridgehead atoms. The molecule has 24 heavy (non-hydrogen) atoms. The van der Waals surface area contributed by atoms with Crippen molar-refractivity contribution < 1.29 is 8.42 Å². The molecule has 3 rings (SSSR count). The number of hydrogen-bond acceptors (Lipinski definition) is 3. The molecule has 0 aliphatic carbocycles. The molecule has 0 fully saturated rings. The van der Waals surface area contributed by atoms with Crippen LogP contribution in [0.15, 0.2) is 70.0 Å². The maximum absolute atomic E-state index is 12.5. The number of aromatic nitrogens is 1. The van der Waals surface area contributed by atoms with Crippen LogP contribution in [0.4, 0.5) is 0 Å². The van der Waals surface area contributed by atoms with E-state index in [1.807, 2.05) is 41.9 Å². The summed E-state index contributed by atoms with van der Waals surface area (Å²) >= 11 is 1.42. The van der Waals surface area contributed by atoms with Gasteiger partial charge in [-0.2, -0.15) is 8.42 Å². The number of nitrogens with zero attached hydrogens (tertiary/aromatic N) is 2. The average molecular weight is 358 g/mol. The van der Waals surface area contributed by atoms with Crippen molar-refractivity contribution in [1.82, 2.24) is 4.57 Å². The first-order chi connectivity index (χ1) is 11.5. The Labute approximate surface area is 145 Å². The van der Waals surface area contributed by atoms with E-state index in [0.717, 1.165) is 22.6 Å². The minimum Gasteiger partial charge on any atom is -0.319 e. The van der Waals surface area contributed by atoms with Crippen molar-refractivity contribution in [3.05, 3.63) is 70.3 Å². The van der Waals surface area contributed by atoms with E-state index in [0.29, 0.717) is 4.80 Å². The van der Waals surface area contributed by atoms with Crippen LogP contribution in [0.2, 0.25) is 0 Å². The molecule has 2 aromatic carbocycles. The van der Waals surface area contributed by atoms with Crippen molar-refractivity contribution in [2.24, 2.45) is 11.4 Å². The Kier molecular flexibility index (Phi) is 4.69. The van der Waals surface area contributed by atoms with Crippen LogP contribution in [0.25, 0.3) is 11.3 Å². The predicted molar refractivity (Wildman–Crippen MR) is 97.3 cm³/mol. The summed E-state index contributed by atoms with van der Waals surface area (Å²) in [6, 6.07) is 18.3. The molecule has 0 aliphatic rings. The molecule has 1 aromatic heterocycles. The number of benzene rings is 2. The number of thiazole rings is 1. The largest absolute Gasteiger partial charge is 0.319 e. The zero-order chi connectivity index (χ0) is 17.2. The van der Waals surface area contributed by atoms with Gasteiger partial charge in [-0.1, -0.05) is 55.5 Å². The molecule has 0 radical (unpaired) electrons. The Hall–Kier alpha value is -2.18. The minimum absolute atomic E-state index is 0.206. The van der Waals surface area contributed by atoms with E-state index in [1.54, 1.807) is 30.3 Å². The van der Waals surface area contributed by atoms with Crippen LogP contribution >= 0.6 is 11.3 Å². The first-order valence-electron chi connectivity index (χ1n) is 7.63. The van der Waals surface area contributed by atoms with Crippen LogP contribution in [-0.4, -0.2) is 13.0 Å². The Morgan fingerprint density at radius 3 is 2.17 bits per heavy atom. The van der Waals surface area contributed by atoms with E-state index in [1.165, 1.54) is 11.3 Å².